The van der Waals surface area contributed by atoms with Gasteiger partial charge in [0.2, 0.25) is 17.7 Å². The summed E-state index contributed by atoms with van der Waals surface area (Å²) in [6, 6.07) is 7.11. The lowest BCUT2D eigenvalue weighted by Crippen LogP contribution is -2.47. The van der Waals surface area contributed by atoms with Crippen LogP contribution in [0.1, 0.15) is 74.9 Å². The monoisotopic (exact) mass is 494 g/mol. The van der Waals surface area contributed by atoms with Gasteiger partial charge < -0.3 is 9.64 Å². The summed E-state index contributed by atoms with van der Waals surface area (Å²) < 4.78 is 7.45. The number of amides is 3. The standard InChI is InChI=1S/C28H38N4O4/c1-18(2)31(17-22-19(3)29-30(5)20(22)4)25(33)15-28(23-13-9-10-14-24(23)36-6)16-26(34)32(27(28)35)21-11-7-8-12-21/h9-10,13-14,18,21H,7-8,11-12,15-17H2,1-6H3. The lowest BCUT2D eigenvalue weighted by molar-refractivity contribution is -0.145. The van der Waals surface area contributed by atoms with Gasteiger partial charge in [-0.2, -0.15) is 5.10 Å². The topological polar surface area (TPSA) is 84.7 Å². The summed E-state index contributed by atoms with van der Waals surface area (Å²) in [5.74, 6) is -0.0990. The molecule has 1 saturated heterocycles. The molecule has 0 bridgehead atoms. The number of hydrogen-bond acceptors (Lipinski definition) is 5. The predicted molar refractivity (Wildman–Crippen MR) is 136 cm³/mol. The minimum absolute atomic E-state index is 0.0225. The maximum Gasteiger partial charge on any atom is 0.241 e. The van der Waals surface area contributed by atoms with Crippen LogP contribution in [0.3, 0.4) is 0 Å². The molecule has 1 unspecified atom stereocenters. The third kappa shape index (κ3) is 4.42. The van der Waals surface area contributed by atoms with Gasteiger partial charge in [0.15, 0.2) is 0 Å². The van der Waals surface area contributed by atoms with E-state index in [0.29, 0.717) is 17.9 Å². The van der Waals surface area contributed by atoms with Crippen molar-refractivity contribution in [2.24, 2.45) is 7.05 Å². The molecule has 0 spiro atoms. The quantitative estimate of drug-likeness (QED) is 0.521. The number of likely N-dealkylation sites (tertiary alicyclic amines) is 1. The molecule has 194 valence electrons. The Hall–Kier alpha value is -3.16. The van der Waals surface area contributed by atoms with Gasteiger partial charge in [-0.1, -0.05) is 31.0 Å². The predicted octanol–water partition coefficient (Wildman–Crippen LogP) is 3.81. The molecular formula is C28H38N4O4. The zero-order chi connectivity index (χ0) is 26.2. The van der Waals surface area contributed by atoms with Gasteiger partial charge >= 0.3 is 0 Å². The Morgan fingerprint density at radius 3 is 2.44 bits per heavy atom. The van der Waals surface area contributed by atoms with Gasteiger partial charge in [-0.05, 0) is 46.6 Å². The number of imide groups is 1. The smallest absolute Gasteiger partial charge is 0.241 e. The summed E-state index contributed by atoms with van der Waals surface area (Å²) in [5, 5.41) is 4.50. The molecule has 1 saturated carbocycles. The number of rotatable bonds is 8. The van der Waals surface area contributed by atoms with Gasteiger partial charge in [0.25, 0.3) is 0 Å². The van der Waals surface area contributed by atoms with Crippen molar-refractivity contribution in [2.75, 3.05) is 7.11 Å². The highest BCUT2D eigenvalue weighted by molar-refractivity contribution is 6.11. The van der Waals surface area contributed by atoms with E-state index in [1.54, 1.807) is 18.1 Å². The molecule has 8 heteroatoms. The second-order valence-corrected chi connectivity index (χ2v) is 10.5. The van der Waals surface area contributed by atoms with E-state index >= 15 is 0 Å². The van der Waals surface area contributed by atoms with Crippen molar-refractivity contribution in [3.63, 3.8) is 0 Å². The molecule has 0 radical (unpaired) electrons. The first-order valence-electron chi connectivity index (χ1n) is 12.9. The molecule has 2 fully saturated rings. The third-order valence-corrected chi connectivity index (χ3v) is 8.05. The fourth-order valence-electron chi connectivity index (χ4n) is 5.91. The fraction of sp³-hybridized carbons (Fsp3) is 0.571. The van der Waals surface area contributed by atoms with Crippen LogP contribution in [0.2, 0.25) is 0 Å². The molecule has 2 aromatic rings. The average Bonchev–Trinajstić information content (AvgIpc) is 3.51. The highest BCUT2D eigenvalue weighted by Crippen LogP contribution is 2.46. The molecule has 2 aliphatic rings. The zero-order valence-electron chi connectivity index (χ0n) is 22.3. The van der Waals surface area contributed by atoms with E-state index in [9.17, 15) is 14.4 Å². The van der Waals surface area contributed by atoms with Crippen molar-refractivity contribution < 1.29 is 19.1 Å². The van der Waals surface area contributed by atoms with Gasteiger partial charge in [-0.3, -0.25) is 24.0 Å². The SMILES string of the molecule is COc1ccccc1C1(CC(=O)N(Cc2c(C)nn(C)c2C)C(C)C)CC(=O)N(C2CCCC2)C1=O. The summed E-state index contributed by atoms with van der Waals surface area (Å²) in [4.78, 5) is 44.8. The third-order valence-electron chi connectivity index (χ3n) is 8.05. The zero-order valence-corrected chi connectivity index (χ0v) is 22.3. The first kappa shape index (κ1) is 25.9. The van der Waals surface area contributed by atoms with Crippen LogP contribution < -0.4 is 4.74 Å². The second kappa shape index (κ2) is 10.1. The number of aryl methyl sites for hydroxylation is 2. The number of hydrogen-bond donors (Lipinski definition) is 0. The number of carbonyl (C=O) groups excluding carboxylic acids is 3. The van der Waals surface area contributed by atoms with Crippen LogP contribution >= 0.6 is 0 Å². The number of carbonyl (C=O) groups is 3. The molecule has 0 N–H and O–H groups in total. The highest BCUT2D eigenvalue weighted by atomic mass is 16.5. The minimum atomic E-state index is -1.28. The Morgan fingerprint density at radius 2 is 1.86 bits per heavy atom. The van der Waals surface area contributed by atoms with Crippen LogP contribution in [-0.2, 0) is 33.4 Å². The van der Waals surface area contributed by atoms with Crippen molar-refractivity contribution in [3.05, 3.63) is 46.8 Å². The molecule has 4 rings (SSSR count). The number of nitrogens with zero attached hydrogens (tertiary/aromatic N) is 4. The van der Waals surface area contributed by atoms with Crippen molar-refractivity contribution in [2.45, 2.75) is 90.3 Å². The number of ether oxygens (including phenoxy) is 1. The molecule has 1 atom stereocenters. The number of benzene rings is 1. The Balaban J connectivity index is 1.74. The first-order chi connectivity index (χ1) is 17.1. The van der Waals surface area contributed by atoms with Gasteiger partial charge in [0.1, 0.15) is 5.75 Å². The van der Waals surface area contributed by atoms with E-state index in [1.807, 2.05) is 57.6 Å². The summed E-state index contributed by atoms with van der Waals surface area (Å²) in [6.07, 6.45) is 3.56. The molecule has 1 aromatic heterocycles. The molecule has 2 heterocycles. The Labute approximate surface area is 213 Å². The number of para-hydroxylation sites is 1. The lowest BCUT2D eigenvalue weighted by atomic mass is 9.75. The van der Waals surface area contributed by atoms with Gasteiger partial charge in [-0.15, -0.1) is 0 Å². The normalized spacial score (nSPS) is 20.6. The highest BCUT2D eigenvalue weighted by Gasteiger charge is 2.57. The summed E-state index contributed by atoms with van der Waals surface area (Å²) in [5.41, 5.74) is 2.22. The molecule has 8 nitrogen and oxygen atoms in total. The van der Waals surface area contributed by atoms with Crippen LogP contribution in [0, 0.1) is 13.8 Å². The van der Waals surface area contributed by atoms with E-state index in [0.717, 1.165) is 42.6 Å². The summed E-state index contributed by atoms with van der Waals surface area (Å²) in [6.45, 7) is 8.29. The van der Waals surface area contributed by atoms with E-state index in [1.165, 1.54) is 4.90 Å². The second-order valence-electron chi connectivity index (χ2n) is 10.5. The lowest BCUT2D eigenvalue weighted by Gasteiger charge is -2.34. The van der Waals surface area contributed by atoms with Gasteiger partial charge in [-0.25, -0.2) is 0 Å². The largest absolute Gasteiger partial charge is 0.496 e. The van der Waals surface area contributed by atoms with Crippen LogP contribution in [0.4, 0.5) is 0 Å². The summed E-state index contributed by atoms with van der Waals surface area (Å²) >= 11 is 0. The first-order valence-corrected chi connectivity index (χ1v) is 12.9. The maximum absolute atomic E-state index is 14.2. The summed E-state index contributed by atoms with van der Waals surface area (Å²) in [7, 11) is 3.45. The molecule has 3 amide bonds. The minimum Gasteiger partial charge on any atom is -0.496 e. The number of methoxy groups -OCH3 is 1. The van der Waals surface area contributed by atoms with Crippen molar-refractivity contribution in [3.8, 4) is 5.75 Å². The molecule has 1 aliphatic heterocycles. The van der Waals surface area contributed by atoms with Gasteiger partial charge in [0, 0.05) is 55.3 Å². The van der Waals surface area contributed by atoms with Crippen molar-refractivity contribution >= 4 is 17.7 Å². The van der Waals surface area contributed by atoms with Crippen LogP contribution in [-0.4, -0.2) is 56.5 Å². The Kier molecular flexibility index (Phi) is 7.25. The van der Waals surface area contributed by atoms with Crippen LogP contribution in [0.25, 0.3) is 0 Å². The number of aromatic nitrogens is 2. The van der Waals surface area contributed by atoms with Crippen LogP contribution in [0.15, 0.2) is 24.3 Å². The van der Waals surface area contributed by atoms with E-state index < -0.39 is 5.41 Å². The van der Waals surface area contributed by atoms with Crippen molar-refractivity contribution in [1.82, 2.24) is 19.6 Å². The van der Waals surface area contributed by atoms with E-state index in [-0.39, 0.29) is 42.6 Å². The maximum atomic E-state index is 14.2. The van der Waals surface area contributed by atoms with E-state index in [4.69, 9.17) is 4.74 Å². The Morgan fingerprint density at radius 1 is 1.19 bits per heavy atom. The molecular weight excluding hydrogens is 456 g/mol. The average molecular weight is 495 g/mol. The Bertz CT molecular complexity index is 1160. The van der Waals surface area contributed by atoms with Gasteiger partial charge in [0.05, 0.1) is 18.2 Å². The van der Waals surface area contributed by atoms with Crippen LogP contribution in [0.5, 0.6) is 5.75 Å². The molecule has 1 aromatic carbocycles. The molecule has 36 heavy (non-hydrogen) atoms. The molecule has 1 aliphatic carbocycles. The van der Waals surface area contributed by atoms with Crippen molar-refractivity contribution in [1.29, 1.82) is 0 Å². The van der Waals surface area contributed by atoms with E-state index in [2.05, 4.69) is 5.10 Å². The fourth-order valence-corrected chi connectivity index (χ4v) is 5.91.